The molecule has 1 aliphatic rings. The Morgan fingerprint density at radius 1 is 1.13 bits per heavy atom. The number of hydrogen-bond acceptors (Lipinski definition) is 2. The quantitative estimate of drug-likeness (QED) is 0.682. The highest BCUT2D eigenvalue weighted by Crippen LogP contribution is 2.51. The van der Waals surface area contributed by atoms with Gasteiger partial charge in [0, 0.05) is 23.1 Å². The van der Waals surface area contributed by atoms with Crippen LogP contribution in [0.3, 0.4) is 0 Å². The molecular weight excluding hydrogens is 298 g/mol. The Balaban J connectivity index is 1.91. The molecule has 1 saturated carbocycles. The lowest BCUT2D eigenvalue weighted by atomic mass is 9.94. The molecule has 3 heteroatoms. The molecule has 3 rings (SSSR count). The van der Waals surface area contributed by atoms with E-state index >= 15 is 0 Å². The third-order valence-corrected chi connectivity index (χ3v) is 10.3. The summed E-state index contributed by atoms with van der Waals surface area (Å²) in [6.45, 7) is 14.5. The van der Waals surface area contributed by atoms with Crippen molar-refractivity contribution in [2.75, 3.05) is 6.61 Å². The zero-order valence-electron chi connectivity index (χ0n) is 15.4. The average Bonchev–Trinajstić information content (AvgIpc) is 3.24. The topological polar surface area (TPSA) is 22.1 Å². The predicted octanol–water partition coefficient (Wildman–Crippen LogP) is 5.60. The Hall–Kier alpha value is -1.19. The molecule has 1 aromatic carbocycles. The van der Waals surface area contributed by atoms with Gasteiger partial charge in [-0.15, -0.1) is 0 Å². The Kier molecular flexibility index (Phi) is 3.93. The Morgan fingerprint density at radius 2 is 1.83 bits per heavy atom. The molecule has 0 amide bonds. The van der Waals surface area contributed by atoms with E-state index in [1.807, 2.05) is 0 Å². The van der Waals surface area contributed by atoms with Crippen molar-refractivity contribution in [3.63, 3.8) is 0 Å². The van der Waals surface area contributed by atoms with Crippen LogP contribution in [0.5, 0.6) is 0 Å². The minimum atomic E-state index is -1.71. The van der Waals surface area contributed by atoms with Crippen molar-refractivity contribution >= 4 is 19.2 Å². The van der Waals surface area contributed by atoms with Gasteiger partial charge in [0.2, 0.25) is 0 Å². The van der Waals surface area contributed by atoms with Crippen LogP contribution in [0.4, 0.5) is 0 Å². The second-order valence-electron chi connectivity index (χ2n) is 8.66. The van der Waals surface area contributed by atoms with Crippen molar-refractivity contribution in [3.05, 3.63) is 41.6 Å². The number of para-hydroxylation sites is 1. The lowest BCUT2D eigenvalue weighted by molar-refractivity contribution is 0.254. The molecule has 0 bridgehead atoms. The van der Waals surface area contributed by atoms with Crippen LogP contribution < -0.4 is 0 Å². The van der Waals surface area contributed by atoms with Crippen molar-refractivity contribution in [2.45, 2.75) is 64.1 Å². The van der Waals surface area contributed by atoms with Gasteiger partial charge in [-0.1, -0.05) is 45.0 Å². The molecule has 1 aromatic heterocycles. The monoisotopic (exact) mass is 327 g/mol. The number of hydrogen-bond donors (Lipinski definition) is 0. The summed E-state index contributed by atoms with van der Waals surface area (Å²) in [5, 5.41) is 1.50. The van der Waals surface area contributed by atoms with Crippen molar-refractivity contribution in [1.29, 1.82) is 0 Å². The van der Waals surface area contributed by atoms with E-state index in [9.17, 15) is 0 Å². The molecule has 0 radical (unpaired) electrons. The molecule has 0 unspecified atom stereocenters. The number of rotatable bonds is 4. The zero-order chi connectivity index (χ0) is 16.9. The number of aromatic nitrogens is 1. The second kappa shape index (κ2) is 5.42. The highest BCUT2D eigenvalue weighted by molar-refractivity contribution is 6.74. The van der Waals surface area contributed by atoms with E-state index in [1.165, 1.54) is 29.3 Å². The maximum atomic E-state index is 6.57. The largest absolute Gasteiger partial charge is 0.416 e. The van der Waals surface area contributed by atoms with Gasteiger partial charge in [0.1, 0.15) is 0 Å². The summed E-state index contributed by atoms with van der Waals surface area (Å²) in [5.74, 6) is 0. The molecule has 0 spiro atoms. The van der Waals surface area contributed by atoms with Gasteiger partial charge in [0.15, 0.2) is 8.32 Å². The van der Waals surface area contributed by atoms with Crippen LogP contribution in [0, 0.1) is 6.92 Å². The highest BCUT2D eigenvalue weighted by Gasteiger charge is 2.48. The second-order valence-corrected chi connectivity index (χ2v) is 13.5. The van der Waals surface area contributed by atoms with Crippen molar-refractivity contribution in [1.82, 2.24) is 4.98 Å². The number of benzene rings is 1. The van der Waals surface area contributed by atoms with Crippen LogP contribution in [0.15, 0.2) is 30.3 Å². The zero-order valence-corrected chi connectivity index (χ0v) is 16.4. The van der Waals surface area contributed by atoms with Crippen LogP contribution in [0.2, 0.25) is 18.1 Å². The molecule has 2 aromatic rings. The molecule has 1 fully saturated rings. The Morgan fingerprint density at radius 3 is 2.43 bits per heavy atom. The van der Waals surface area contributed by atoms with Gasteiger partial charge in [-0.3, -0.25) is 4.98 Å². The smallest absolute Gasteiger partial charge is 0.192 e. The fourth-order valence-corrected chi connectivity index (χ4v) is 3.92. The maximum Gasteiger partial charge on any atom is 0.192 e. The molecule has 1 aliphatic carbocycles. The Labute approximate surface area is 141 Å². The minimum Gasteiger partial charge on any atom is -0.416 e. The molecule has 2 nitrogen and oxygen atoms in total. The van der Waals surface area contributed by atoms with Gasteiger partial charge >= 0.3 is 0 Å². The summed E-state index contributed by atoms with van der Waals surface area (Å²) >= 11 is 0. The van der Waals surface area contributed by atoms with Gasteiger partial charge in [-0.2, -0.15) is 0 Å². The van der Waals surface area contributed by atoms with Crippen LogP contribution >= 0.6 is 0 Å². The van der Waals surface area contributed by atoms with E-state index in [2.05, 4.69) is 71.1 Å². The van der Waals surface area contributed by atoms with Gasteiger partial charge in [0.05, 0.1) is 5.52 Å². The van der Waals surface area contributed by atoms with E-state index in [0.29, 0.717) is 0 Å². The first-order chi connectivity index (χ1) is 10.6. The SMILES string of the molecule is Cc1ccc2cccc(C3(CO[Si](C)(C)C(C)(C)C)CC3)c2n1. The van der Waals surface area contributed by atoms with Gasteiger partial charge in [-0.25, -0.2) is 0 Å². The molecule has 0 saturated heterocycles. The standard InChI is InChI=1S/C20H29NOSi/c1-15-10-11-16-8-7-9-17(18(16)21-15)20(12-13-20)14-22-23(5,6)19(2,3)4/h7-11H,12-14H2,1-6H3. The predicted molar refractivity (Wildman–Crippen MR) is 101 cm³/mol. The first-order valence-electron chi connectivity index (χ1n) is 8.66. The molecular formula is C20H29NOSi. The van der Waals surface area contributed by atoms with E-state index in [4.69, 9.17) is 9.41 Å². The normalized spacial score (nSPS) is 17.5. The fraction of sp³-hybridized carbons (Fsp3) is 0.550. The van der Waals surface area contributed by atoms with Crippen LogP contribution in [0.1, 0.15) is 44.9 Å². The maximum absolute atomic E-state index is 6.57. The average molecular weight is 328 g/mol. The van der Waals surface area contributed by atoms with Gasteiger partial charge in [0.25, 0.3) is 0 Å². The summed E-state index contributed by atoms with van der Waals surface area (Å²) in [6, 6.07) is 10.9. The van der Waals surface area contributed by atoms with Gasteiger partial charge in [-0.05, 0) is 49.5 Å². The first-order valence-corrected chi connectivity index (χ1v) is 11.6. The lowest BCUT2D eigenvalue weighted by Crippen LogP contribution is -2.42. The van der Waals surface area contributed by atoms with Crippen molar-refractivity contribution in [3.8, 4) is 0 Å². The molecule has 1 heterocycles. The molecule has 124 valence electrons. The summed E-state index contributed by atoms with van der Waals surface area (Å²) in [5.41, 5.74) is 3.84. The number of aryl methyl sites for hydroxylation is 1. The summed E-state index contributed by atoms with van der Waals surface area (Å²) in [6.07, 6.45) is 2.44. The van der Waals surface area contributed by atoms with Crippen molar-refractivity contribution in [2.24, 2.45) is 0 Å². The van der Waals surface area contributed by atoms with E-state index < -0.39 is 8.32 Å². The van der Waals surface area contributed by atoms with E-state index in [1.54, 1.807) is 0 Å². The van der Waals surface area contributed by atoms with Crippen LogP contribution in [0.25, 0.3) is 10.9 Å². The number of pyridine rings is 1. The highest BCUT2D eigenvalue weighted by atomic mass is 28.4. The first kappa shape index (κ1) is 16.7. The molecule has 0 atom stereocenters. The molecule has 23 heavy (non-hydrogen) atoms. The molecule has 0 aliphatic heterocycles. The van der Waals surface area contributed by atoms with Crippen LogP contribution in [-0.2, 0) is 9.84 Å². The third-order valence-electron chi connectivity index (χ3n) is 5.80. The third kappa shape index (κ3) is 3.09. The number of nitrogens with zero attached hydrogens (tertiary/aromatic N) is 1. The Bertz CT molecular complexity index is 726. The van der Waals surface area contributed by atoms with Crippen LogP contribution in [-0.4, -0.2) is 19.9 Å². The fourth-order valence-electron chi connectivity index (χ4n) is 2.85. The lowest BCUT2D eigenvalue weighted by Gasteiger charge is -2.37. The number of fused-ring (bicyclic) bond motifs is 1. The summed E-state index contributed by atoms with van der Waals surface area (Å²) in [4.78, 5) is 4.83. The van der Waals surface area contributed by atoms with E-state index in [0.717, 1.165) is 12.3 Å². The molecule has 0 N–H and O–H groups in total. The summed E-state index contributed by atoms with van der Waals surface area (Å²) < 4.78 is 6.57. The summed E-state index contributed by atoms with van der Waals surface area (Å²) in [7, 11) is -1.71. The van der Waals surface area contributed by atoms with Crippen molar-refractivity contribution < 1.29 is 4.43 Å². The van der Waals surface area contributed by atoms with Gasteiger partial charge < -0.3 is 4.43 Å². The van der Waals surface area contributed by atoms with E-state index in [-0.39, 0.29) is 10.5 Å². The minimum absolute atomic E-state index is 0.190.